The van der Waals surface area contributed by atoms with Crippen LogP contribution in [0.3, 0.4) is 0 Å². The number of carbonyl (C=O) groups is 1. The van der Waals surface area contributed by atoms with Crippen LogP contribution in [0.5, 0.6) is 0 Å². The summed E-state index contributed by atoms with van der Waals surface area (Å²) in [6, 6.07) is 0.594. The number of carbonyl (C=O) groups excluding carboxylic acids is 1. The first-order valence-electron chi connectivity index (χ1n) is 8.03. The highest BCUT2D eigenvalue weighted by Gasteiger charge is 2.42. The molecule has 0 aromatic rings. The molecule has 0 saturated heterocycles. The van der Waals surface area contributed by atoms with Gasteiger partial charge < -0.3 is 8.97 Å². The minimum absolute atomic E-state index is 0.0308. The van der Waals surface area contributed by atoms with E-state index in [4.69, 9.17) is 4.74 Å². The summed E-state index contributed by atoms with van der Waals surface area (Å²) in [6.45, 7) is 17.1. The van der Waals surface area contributed by atoms with Crippen LogP contribution in [0.2, 0.25) is 39.3 Å². The van der Waals surface area contributed by atoms with Crippen LogP contribution >= 0.6 is 0 Å². The van der Waals surface area contributed by atoms with Crippen molar-refractivity contribution >= 4 is 22.4 Å². The summed E-state index contributed by atoms with van der Waals surface area (Å²) < 4.78 is 8.11. The van der Waals surface area contributed by atoms with Gasteiger partial charge in [0.2, 0.25) is 0 Å². The molecule has 1 aliphatic rings. The molecule has 0 N–H and O–H groups in total. The first-order valence-corrected chi connectivity index (χ1v) is 14.9. The van der Waals surface area contributed by atoms with Gasteiger partial charge in [0.05, 0.1) is 12.5 Å². The van der Waals surface area contributed by atoms with Gasteiger partial charge in [-0.15, -0.1) is 0 Å². The van der Waals surface area contributed by atoms with Crippen LogP contribution in [0.25, 0.3) is 0 Å². The predicted molar refractivity (Wildman–Crippen MR) is 90.9 cm³/mol. The van der Waals surface area contributed by atoms with Gasteiger partial charge in [0, 0.05) is 0 Å². The molecular weight excluding hydrogens is 282 g/mol. The van der Waals surface area contributed by atoms with Crippen molar-refractivity contribution < 1.29 is 9.53 Å². The van der Waals surface area contributed by atoms with Gasteiger partial charge in [-0.25, -0.2) is 0 Å². The second-order valence-corrected chi connectivity index (χ2v) is 18.1. The molecular formula is C15H33NO2Si2. The van der Waals surface area contributed by atoms with Gasteiger partial charge in [0.1, 0.15) is 16.5 Å². The average Bonchev–Trinajstić information content (AvgIpc) is 2.25. The van der Waals surface area contributed by atoms with Crippen LogP contribution in [0, 0.1) is 5.92 Å². The normalized spacial score (nSPS) is 24.8. The Kier molecular flexibility index (Phi) is 6.05. The van der Waals surface area contributed by atoms with Gasteiger partial charge in [0.15, 0.2) is 0 Å². The highest BCUT2D eigenvalue weighted by molar-refractivity contribution is 6.89. The zero-order chi connectivity index (χ0) is 15.6. The van der Waals surface area contributed by atoms with E-state index in [2.05, 4.69) is 43.5 Å². The maximum atomic E-state index is 12.0. The second kappa shape index (κ2) is 6.75. The number of esters is 1. The fourth-order valence-corrected chi connectivity index (χ4v) is 14.7. The number of nitrogens with zero attached hydrogens (tertiary/aromatic N) is 1. The maximum absolute atomic E-state index is 12.0. The van der Waals surface area contributed by atoms with Crippen molar-refractivity contribution in [2.45, 2.75) is 77.9 Å². The molecule has 1 aliphatic carbocycles. The summed E-state index contributed by atoms with van der Waals surface area (Å²) >= 11 is 0. The molecule has 1 fully saturated rings. The molecule has 0 bridgehead atoms. The minimum Gasteiger partial charge on any atom is -0.466 e. The fraction of sp³-hybridized carbons (Fsp3) is 0.933. The van der Waals surface area contributed by atoms with Crippen LogP contribution in [-0.4, -0.2) is 39.3 Å². The van der Waals surface area contributed by atoms with Crippen molar-refractivity contribution in [3.63, 3.8) is 0 Å². The Morgan fingerprint density at radius 1 is 1.10 bits per heavy atom. The van der Waals surface area contributed by atoms with Gasteiger partial charge in [-0.05, 0) is 32.2 Å². The zero-order valence-electron chi connectivity index (χ0n) is 14.5. The molecule has 0 heterocycles. The molecule has 2 atom stereocenters. The Balaban J connectivity index is 2.85. The third kappa shape index (κ3) is 4.70. The Hall–Kier alpha value is -0.136. The topological polar surface area (TPSA) is 29.5 Å². The lowest BCUT2D eigenvalue weighted by Crippen LogP contribution is -2.64. The summed E-state index contributed by atoms with van der Waals surface area (Å²) in [4.78, 5) is 12.0. The van der Waals surface area contributed by atoms with E-state index >= 15 is 0 Å². The molecule has 0 aliphatic heterocycles. The summed E-state index contributed by atoms with van der Waals surface area (Å²) in [7, 11) is -2.70. The molecule has 0 spiro atoms. The standard InChI is InChI=1S/C15H33NO2Si2/c1-8-18-15(17)13-10-9-11-14(12-13)16(19(2,3)4)20(5,6)7/h13-14H,8-12H2,1-7H3. The summed E-state index contributed by atoms with van der Waals surface area (Å²) in [6.07, 6.45) is 4.44. The lowest BCUT2D eigenvalue weighted by Gasteiger charge is -2.50. The Bertz CT molecular complexity index is 320. The van der Waals surface area contributed by atoms with Gasteiger partial charge >= 0.3 is 5.97 Å². The molecule has 0 aromatic heterocycles. The first kappa shape index (κ1) is 17.9. The van der Waals surface area contributed by atoms with Crippen molar-refractivity contribution in [1.29, 1.82) is 0 Å². The molecule has 3 nitrogen and oxygen atoms in total. The first-order chi connectivity index (χ1) is 9.07. The third-order valence-electron chi connectivity index (χ3n) is 4.08. The Labute approximate surface area is 127 Å². The molecule has 1 rings (SSSR count). The minimum atomic E-state index is -1.35. The van der Waals surface area contributed by atoms with Crippen molar-refractivity contribution in [3.05, 3.63) is 0 Å². The molecule has 5 heteroatoms. The van der Waals surface area contributed by atoms with Gasteiger partial charge in [-0.1, -0.05) is 45.7 Å². The van der Waals surface area contributed by atoms with E-state index in [1.165, 1.54) is 12.8 Å². The lowest BCUT2D eigenvalue weighted by atomic mass is 9.86. The van der Waals surface area contributed by atoms with Crippen LogP contribution in [0.15, 0.2) is 0 Å². The van der Waals surface area contributed by atoms with E-state index in [-0.39, 0.29) is 11.9 Å². The molecule has 1 saturated carbocycles. The zero-order valence-corrected chi connectivity index (χ0v) is 16.5. The predicted octanol–water partition coefficient (Wildman–Crippen LogP) is 4.08. The van der Waals surface area contributed by atoms with Gasteiger partial charge in [0.25, 0.3) is 0 Å². The van der Waals surface area contributed by atoms with Gasteiger partial charge in [-0.3, -0.25) is 4.79 Å². The molecule has 0 amide bonds. The van der Waals surface area contributed by atoms with Crippen molar-refractivity contribution in [2.75, 3.05) is 6.61 Å². The SMILES string of the molecule is CCOC(=O)C1CCCC(N([Si](C)(C)C)[Si](C)(C)C)C1. The van der Waals surface area contributed by atoms with Crippen LogP contribution < -0.4 is 0 Å². The van der Waals surface area contributed by atoms with E-state index in [0.29, 0.717) is 12.6 Å². The number of hydrogen-bond acceptors (Lipinski definition) is 3. The molecule has 2 unspecified atom stereocenters. The van der Waals surface area contributed by atoms with Gasteiger partial charge in [-0.2, -0.15) is 0 Å². The van der Waals surface area contributed by atoms with E-state index in [1.54, 1.807) is 0 Å². The summed E-state index contributed by atoms with van der Waals surface area (Å²) in [5.41, 5.74) is 0. The number of ether oxygens (including phenoxy) is 1. The fourth-order valence-electron chi connectivity index (χ4n) is 3.97. The highest BCUT2D eigenvalue weighted by Crippen LogP contribution is 2.34. The second-order valence-electron chi connectivity index (χ2n) is 7.98. The number of hydrogen-bond donors (Lipinski definition) is 0. The average molecular weight is 316 g/mol. The molecule has 118 valence electrons. The Morgan fingerprint density at radius 2 is 1.65 bits per heavy atom. The van der Waals surface area contributed by atoms with E-state index < -0.39 is 16.5 Å². The number of rotatable bonds is 5. The molecule has 20 heavy (non-hydrogen) atoms. The lowest BCUT2D eigenvalue weighted by molar-refractivity contribution is -0.149. The third-order valence-corrected chi connectivity index (χ3v) is 11.7. The summed E-state index contributed by atoms with van der Waals surface area (Å²) in [5, 5.41) is 0. The van der Waals surface area contributed by atoms with E-state index in [0.717, 1.165) is 12.8 Å². The van der Waals surface area contributed by atoms with E-state index in [9.17, 15) is 4.79 Å². The molecule has 0 aromatic carbocycles. The maximum Gasteiger partial charge on any atom is 0.308 e. The van der Waals surface area contributed by atoms with Crippen molar-refractivity contribution in [2.24, 2.45) is 5.92 Å². The van der Waals surface area contributed by atoms with E-state index in [1.807, 2.05) is 6.92 Å². The smallest absolute Gasteiger partial charge is 0.308 e. The van der Waals surface area contributed by atoms with Crippen molar-refractivity contribution in [3.8, 4) is 0 Å². The van der Waals surface area contributed by atoms with Crippen LogP contribution in [0.4, 0.5) is 0 Å². The highest BCUT2D eigenvalue weighted by atomic mass is 28.4. The molecule has 0 radical (unpaired) electrons. The largest absolute Gasteiger partial charge is 0.466 e. The quantitative estimate of drug-likeness (QED) is 0.565. The Morgan fingerprint density at radius 3 is 2.10 bits per heavy atom. The van der Waals surface area contributed by atoms with Crippen LogP contribution in [0.1, 0.15) is 32.6 Å². The monoisotopic (exact) mass is 315 g/mol. The summed E-state index contributed by atoms with van der Waals surface area (Å²) in [5.74, 6) is 0.159. The van der Waals surface area contributed by atoms with Crippen LogP contribution in [-0.2, 0) is 9.53 Å². The van der Waals surface area contributed by atoms with Crippen molar-refractivity contribution in [1.82, 2.24) is 4.23 Å².